The van der Waals surface area contributed by atoms with Crippen molar-refractivity contribution >= 4 is 5.69 Å². The molecule has 0 saturated heterocycles. The number of anilines is 1. The Morgan fingerprint density at radius 3 is 2.22 bits per heavy atom. The number of hydrogen-bond acceptors (Lipinski definition) is 2. The van der Waals surface area contributed by atoms with Gasteiger partial charge in [-0.3, -0.25) is 0 Å². The Morgan fingerprint density at radius 2 is 1.61 bits per heavy atom. The minimum atomic E-state index is 0.102. The first-order chi connectivity index (χ1) is 8.69. The van der Waals surface area contributed by atoms with Crippen molar-refractivity contribution in [1.29, 1.82) is 0 Å². The Hall–Kier alpha value is -1.80. The van der Waals surface area contributed by atoms with E-state index >= 15 is 0 Å². The van der Waals surface area contributed by atoms with Crippen LogP contribution in [0.25, 0.3) is 0 Å². The van der Waals surface area contributed by atoms with Crippen molar-refractivity contribution in [3.63, 3.8) is 0 Å². The van der Waals surface area contributed by atoms with Gasteiger partial charge >= 0.3 is 0 Å². The van der Waals surface area contributed by atoms with E-state index in [0.717, 1.165) is 12.1 Å². The van der Waals surface area contributed by atoms with Gasteiger partial charge in [-0.25, -0.2) is 0 Å². The van der Waals surface area contributed by atoms with Gasteiger partial charge < -0.3 is 10.4 Å². The highest BCUT2D eigenvalue weighted by molar-refractivity contribution is 5.52. The van der Waals surface area contributed by atoms with Crippen molar-refractivity contribution in [2.75, 3.05) is 5.32 Å². The Morgan fingerprint density at radius 1 is 0.944 bits per heavy atom. The zero-order valence-electron chi connectivity index (χ0n) is 10.9. The van der Waals surface area contributed by atoms with E-state index in [1.54, 1.807) is 0 Å². The Labute approximate surface area is 108 Å². The van der Waals surface area contributed by atoms with Crippen LogP contribution in [-0.4, -0.2) is 5.11 Å². The molecule has 0 aromatic heterocycles. The van der Waals surface area contributed by atoms with Crippen LogP contribution in [0, 0.1) is 13.8 Å². The van der Waals surface area contributed by atoms with E-state index in [4.69, 9.17) is 5.11 Å². The van der Waals surface area contributed by atoms with E-state index in [1.165, 1.54) is 22.4 Å². The molecule has 2 rings (SSSR count). The molecule has 0 atom stereocenters. The summed E-state index contributed by atoms with van der Waals surface area (Å²) in [5.41, 5.74) is 5.89. The lowest BCUT2D eigenvalue weighted by atomic mass is 10.1. The monoisotopic (exact) mass is 241 g/mol. The molecule has 2 aromatic rings. The lowest BCUT2D eigenvalue weighted by Crippen LogP contribution is -2.01. The van der Waals surface area contributed by atoms with Gasteiger partial charge in [-0.05, 0) is 36.6 Å². The molecule has 0 amide bonds. The van der Waals surface area contributed by atoms with Crippen LogP contribution in [-0.2, 0) is 13.2 Å². The van der Waals surface area contributed by atoms with E-state index in [9.17, 15) is 0 Å². The van der Waals surface area contributed by atoms with E-state index in [0.29, 0.717) is 0 Å². The third-order valence-electron chi connectivity index (χ3n) is 3.07. The van der Waals surface area contributed by atoms with E-state index < -0.39 is 0 Å². The highest BCUT2D eigenvalue weighted by Gasteiger charge is 1.98. The second kappa shape index (κ2) is 5.69. The maximum absolute atomic E-state index is 8.98. The van der Waals surface area contributed by atoms with E-state index in [2.05, 4.69) is 37.4 Å². The van der Waals surface area contributed by atoms with Gasteiger partial charge in [0.1, 0.15) is 0 Å². The first-order valence-electron chi connectivity index (χ1n) is 6.19. The lowest BCUT2D eigenvalue weighted by Gasteiger charge is -2.10. The molecule has 94 valence electrons. The summed E-state index contributed by atoms with van der Waals surface area (Å²) in [5, 5.41) is 12.4. The van der Waals surface area contributed by atoms with Crippen LogP contribution in [0.5, 0.6) is 0 Å². The van der Waals surface area contributed by atoms with Crippen molar-refractivity contribution < 1.29 is 5.11 Å². The normalized spacial score (nSPS) is 10.4. The van der Waals surface area contributed by atoms with Crippen LogP contribution >= 0.6 is 0 Å². The largest absolute Gasteiger partial charge is 0.392 e. The average molecular weight is 241 g/mol. The van der Waals surface area contributed by atoms with Gasteiger partial charge in [0, 0.05) is 12.2 Å². The number of aliphatic hydroxyl groups is 1. The van der Waals surface area contributed by atoms with Crippen LogP contribution in [0.3, 0.4) is 0 Å². The molecule has 2 aromatic carbocycles. The minimum Gasteiger partial charge on any atom is -0.392 e. The highest BCUT2D eigenvalue weighted by Crippen LogP contribution is 2.17. The standard InChI is InChI=1S/C16H19NO/c1-12-3-8-16(13(2)9-12)17-10-14-4-6-15(11-18)7-5-14/h3-9,17-18H,10-11H2,1-2H3. The fourth-order valence-electron chi connectivity index (χ4n) is 1.97. The number of aryl methyl sites for hydroxylation is 2. The number of benzene rings is 2. The number of hydrogen-bond donors (Lipinski definition) is 2. The second-order valence-electron chi connectivity index (χ2n) is 4.65. The van der Waals surface area contributed by atoms with Gasteiger partial charge in [0.2, 0.25) is 0 Å². The molecule has 2 nitrogen and oxygen atoms in total. The molecular weight excluding hydrogens is 222 g/mol. The van der Waals surface area contributed by atoms with Crippen LogP contribution < -0.4 is 5.32 Å². The van der Waals surface area contributed by atoms with Gasteiger partial charge in [0.15, 0.2) is 0 Å². The summed E-state index contributed by atoms with van der Waals surface area (Å²) in [5.74, 6) is 0. The molecule has 2 N–H and O–H groups in total. The molecule has 0 fully saturated rings. The number of nitrogens with one attached hydrogen (secondary N) is 1. The highest BCUT2D eigenvalue weighted by atomic mass is 16.3. The molecule has 0 saturated carbocycles. The van der Waals surface area contributed by atoms with E-state index in [1.807, 2.05) is 24.3 Å². The summed E-state index contributed by atoms with van der Waals surface area (Å²) in [6.07, 6.45) is 0. The van der Waals surface area contributed by atoms with Crippen molar-refractivity contribution in [3.8, 4) is 0 Å². The van der Waals surface area contributed by atoms with Crippen LogP contribution in [0.4, 0.5) is 5.69 Å². The molecular formula is C16H19NO. The molecule has 0 heterocycles. The predicted molar refractivity (Wildman–Crippen MR) is 75.6 cm³/mol. The van der Waals surface area contributed by atoms with Crippen molar-refractivity contribution in [2.45, 2.75) is 27.0 Å². The summed E-state index contributed by atoms with van der Waals surface area (Å²) in [4.78, 5) is 0. The van der Waals surface area contributed by atoms with Crippen LogP contribution in [0.2, 0.25) is 0 Å². The summed E-state index contributed by atoms with van der Waals surface area (Å²) < 4.78 is 0. The molecule has 18 heavy (non-hydrogen) atoms. The maximum atomic E-state index is 8.98. The van der Waals surface area contributed by atoms with Crippen molar-refractivity contribution in [3.05, 3.63) is 64.7 Å². The van der Waals surface area contributed by atoms with Gasteiger partial charge in [-0.1, -0.05) is 42.0 Å². The fraction of sp³-hybridized carbons (Fsp3) is 0.250. The average Bonchev–Trinajstić information content (AvgIpc) is 2.38. The SMILES string of the molecule is Cc1ccc(NCc2ccc(CO)cc2)c(C)c1. The molecule has 0 radical (unpaired) electrons. The van der Waals surface area contributed by atoms with Crippen LogP contribution in [0.15, 0.2) is 42.5 Å². The Balaban J connectivity index is 2.02. The lowest BCUT2D eigenvalue weighted by molar-refractivity contribution is 0.282. The Bertz CT molecular complexity index is 517. The third-order valence-corrected chi connectivity index (χ3v) is 3.07. The second-order valence-corrected chi connectivity index (χ2v) is 4.65. The summed E-state index contributed by atoms with van der Waals surface area (Å²) in [7, 11) is 0. The van der Waals surface area contributed by atoms with Crippen LogP contribution in [0.1, 0.15) is 22.3 Å². The van der Waals surface area contributed by atoms with Gasteiger partial charge in [-0.15, -0.1) is 0 Å². The maximum Gasteiger partial charge on any atom is 0.0681 e. The van der Waals surface area contributed by atoms with Crippen molar-refractivity contribution in [2.24, 2.45) is 0 Å². The molecule has 0 bridgehead atoms. The zero-order chi connectivity index (χ0) is 13.0. The summed E-state index contributed by atoms with van der Waals surface area (Å²) in [6, 6.07) is 14.4. The van der Waals surface area contributed by atoms with E-state index in [-0.39, 0.29) is 6.61 Å². The van der Waals surface area contributed by atoms with Gasteiger partial charge in [0.25, 0.3) is 0 Å². The number of aliphatic hydroxyl groups excluding tert-OH is 1. The third kappa shape index (κ3) is 3.11. The smallest absolute Gasteiger partial charge is 0.0681 e. The molecule has 0 aliphatic heterocycles. The first kappa shape index (κ1) is 12.7. The predicted octanol–water partition coefficient (Wildman–Crippen LogP) is 3.41. The topological polar surface area (TPSA) is 32.3 Å². The molecule has 0 aliphatic rings. The van der Waals surface area contributed by atoms with Crippen molar-refractivity contribution in [1.82, 2.24) is 0 Å². The molecule has 2 heteroatoms. The van der Waals surface area contributed by atoms with Gasteiger partial charge in [-0.2, -0.15) is 0 Å². The quantitative estimate of drug-likeness (QED) is 0.859. The number of rotatable bonds is 4. The minimum absolute atomic E-state index is 0.102. The fourth-order valence-corrected chi connectivity index (χ4v) is 1.97. The molecule has 0 spiro atoms. The summed E-state index contributed by atoms with van der Waals surface area (Å²) >= 11 is 0. The first-order valence-corrected chi connectivity index (χ1v) is 6.19. The molecule has 0 unspecified atom stereocenters. The van der Waals surface area contributed by atoms with Gasteiger partial charge in [0.05, 0.1) is 6.61 Å². The molecule has 0 aliphatic carbocycles. The Kier molecular flexibility index (Phi) is 4.00. The summed E-state index contributed by atoms with van der Waals surface area (Å²) in [6.45, 7) is 5.12. The zero-order valence-corrected chi connectivity index (χ0v) is 10.9.